The van der Waals surface area contributed by atoms with E-state index in [1.165, 1.54) is 24.3 Å². The van der Waals surface area contributed by atoms with Crippen molar-refractivity contribution in [3.8, 4) is 12.3 Å². The van der Waals surface area contributed by atoms with E-state index in [1.807, 2.05) is 0 Å². The lowest BCUT2D eigenvalue weighted by atomic mass is 10.2. The molecular formula is C13H13N3O4. The molecule has 0 unspecified atom stereocenters. The van der Waals surface area contributed by atoms with Crippen LogP contribution >= 0.6 is 0 Å². The molecule has 7 heteroatoms. The number of nitrogens with one attached hydrogen (secondary N) is 3. The molecule has 1 aromatic rings. The zero-order valence-corrected chi connectivity index (χ0v) is 10.5. The largest absolute Gasteiger partial charge is 0.480 e. The standard InChI is InChI=1S/C13H13N3O4/c1-2-7-14-13(20)16-10-5-3-9(4-6-10)12(19)15-8-11(17)18/h1,3-6H,7-8H2,(H,15,19)(H,17,18)(H2,14,16,20). The second-order valence-corrected chi connectivity index (χ2v) is 3.67. The van der Waals surface area contributed by atoms with Gasteiger partial charge < -0.3 is 21.1 Å². The summed E-state index contributed by atoms with van der Waals surface area (Å²) in [6.45, 7) is -0.338. The molecule has 0 fully saturated rings. The zero-order valence-electron chi connectivity index (χ0n) is 10.5. The van der Waals surface area contributed by atoms with E-state index in [1.54, 1.807) is 0 Å². The summed E-state index contributed by atoms with van der Waals surface area (Å²) in [4.78, 5) is 33.1. The molecule has 0 aliphatic carbocycles. The van der Waals surface area contributed by atoms with Gasteiger partial charge in [-0.25, -0.2) is 4.79 Å². The Bertz CT molecular complexity index is 546. The van der Waals surface area contributed by atoms with Crippen LogP contribution in [0.4, 0.5) is 10.5 Å². The number of hydrogen-bond acceptors (Lipinski definition) is 3. The molecule has 0 aliphatic heterocycles. The van der Waals surface area contributed by atoms with E-state index in [4.69, 9.17) is 11.5 Å². The second kappa shape index (κ2) is 7.43. The van der Waals surface area contributed by atoms with Crippen molar-refractivity contribution < 1.29 is 19.5 Å². The SMILES string of the molecule is C#CCNC(=O)Nc1ccc(C(=O)NCC(=O)O)cc1. The summed E-state index contributed by atoms with van der Waals surface area (Å²) >= 11 is 0. The van der Waals surface area contributed by atoms with Crippen molar-refractivity contribution in [3.63, 3.8) is 0 Å². The highest BCUT2D eigenvalue weighted by Gasteiger charge is 2.07. The Morgan fingerprint density at radius 2 is 1.80 bits per heavy atom. The minimum absolute atomic E-state index is 0.113. The Morgan fingerprint density at radius 3 is 2.35 bits per heavy atom. The number of carbonyl (C=O) groups is 3. The van der Waals surface area contributed by atoms with E-state index < -0.39 is 24.5 Å². The number of carbonyl (C=O) groups excluding carboxylic acids is 2. The third kappa shape index (κ3) is 5.10. The van der Waals surface area contributed by atoms with Gasteiger partial charge in [-0.05, 0) is 24.3 Å². The highest BCUT2D eigenvalue weighted by atomic mass is 16.4. The number of amides is 3. The predicted octanol–water partition coefficient (Wildman–Crippen LogP) is 0.256. The van der Waals surface area contributed by atoms with Gasteiger partial charge in [0.2, 0.25) is 0 Å². The molecule has 7 nitrogen and oxygen atoms in total. The minimum atomic E-state index is -1.12. The number of anilines is 1. The molecule has 0 spiro atoms. The molecule has 0 atom stereocenters. The number of terminal acetylenes is 1. The predicted molar refractivity (Wildman–Crippen MR) is 72.3 cm³/mol. The van der Waals surface area contributed by atoms with Gasteiger partial charge in [0.25, 0.3) is 5.91 Å². The first-order chi connectivity index (χ1) is 9.52. The van der Waals surface area contributed by atoms with E-state index >= 15 is 0 Å². The summed E-state index contributed by atoms with van der Waals surface area (Å²) in [5, 5.41) is 15.6. The fourth-order valence-electron chi connectivity index (χ4n) is 1.27. The molecule has 0 saturated carbocycles. The van der Waals surface area contributed by atoms with Crippen LogP contribution in [-0.4, -0.2) is 36.1 Å². The number of benzene rings is 1. The summed E-state index contributed by atoms with van der Waals surface area (Å²) < 4.78 is 0. The Balaban J connectivity index is 2.56. The fourth-order valence-corrected chi connectivity index (χ4v) is 1.27. The third-order valence-electron chi connectivity index (χ3n) is 2.16. The first-order valence-electron chi connectivity index (χ1n) is 5.61. The maximum atomic E-state index is 11.5. The highest BCUT2D eigenvalue weighted by molar-refractivity contribution is 5.96. The molecule has 4 N–H and O–H groups in total. The summed E-state index contributed by atoms with van der Waals surface area (Å²) in [5.41, 5.74) is 0.773. The molecule has 20 heavy (non-hydrogen) atoms. The van der Waals surface area contributed by atoms with Crippen LogP contribution < -0.4 is 16.0 Å². The van der Waals surface area contributed by atoms with Gasteiger partial charge in [-0.1, -0.05) is 5.92 Å². The average Bonchev–Trinajstić information content (AvgIpc) is 2.43. The third-order valence-corrected chi connectivity index (χ3v) is 2.16. The lowest BCUT2D eigenvalue weighted by Gasteiger charge is -2.06. The zero-order chi connectivity index (χ0) is 15.0. The van der Waals surface area contributed by atoms with Gasteiger partial charge in [0.1, 0.15) is 6.54 Å². The Labute approximate surface area is 115 Å². The number of rotatable bonds is 5. The normalized spacial score (nSPS) is 9.15. The molecule has 0 saturated heterocycles. The molecule has 104 valence electrons. The number of hydrogen-bond donors (Lipinski definition) is 4. The van der Waals surface area contributed by atoms with Gasteiger partial charge in [0, 0.05) is 11.3 Å². The first kappa shape index (κ1) is 15.0. The topological polar surface area (TPSA) is 108 Å². The van der Waals surface area contributed by atoms with Crippen molar-refractivity contribution >= 4 is 23.6 Å². The monoisotopic (exact) mass is 275 g/mol. The molecular weight excluding hydrogens is 262 g/mol. The maximum absolute atomic E-state index is 11.5. The van der Waals surface area contributed by atoms with Crippen LogP contribution in [0.25, 0.3) is 0 Å². The lowest BCUT2D eigenvalue weighted by molar-refractivity contribution is -0.135. The van der Waals surface area contributed by atoms with Crippen LogP contribution in [0.15, 0.2) is 24.3 Å². The highest BCUT2D eigenvalue weighted by Crippen LogP contribution is 2.09. The smallest absolute Gasteiger partial charge is 0.322 e. The summed E-state index contributed by atoms with van der Waals surface area (Å²) in [5.74, 6) is 0.631. The van der Waals surface area contributed by atoms with Crippen molar-refractivity contribution in [1.82, 2.24) is 10.6 Å². The van der Waals surface area contributed by atoms with Crippen molar-refractivity contribution in [3.05, 3.63) is 29.8 Å². The quantitative estimate of drug-likeness (QED) is 0.578. The second-order valence-electron chi connectivity index (χ2n) is 3.67. The van der Waals surface area contributed by atoms with Crippen LogP contribution in [0.5, 0.6) is 0 Å². The Kier molecular flexibility index (Phi) is 5.59. The number of aliphatic carboxylic acids is 1. The molecule has 3 amide bonds. The van der Waals surface area contributed by atoms with Crippen molar-refractivity contribution in [1.29, 1.82) is 0 Å². The molecule has 0 bridgehead atoms. The van der Waals surface area contributed by atoms with E-state index in [9.17, 15) is 14.4 Å². The summed E-state index contributed by atoms with van der Waals surface area (Å²) in [7, 11) is 0. The van der Waals surface area contributed by atoms with Crippen LogP contribution in [0.3, 0.4) is 0 Å². The van der Waals surface area contributed by atoms with Gasteiger partial charge in [0.15, 0.2) is 0 Å². The Hall–Kier alpha value is -3.01. The lowest BCUT2D eigenvalue weighted by Crippen LogP contribution is -2.29. The van der Waals surface area contributed by atoms with Crippen molar-refractivity contribution in [2.24, 2.45) is 0 Å². The summed E-state index contributed by atoms with van der Waals surface area (Å²) in [6, 6.07) is 5.52. The maximum Gasteiger partial charge on any atom is 0.322 e. The van der Waals surface area contributed by atoms with Gasteiger partial charge in [-0.15, -0.1) is 6.42 Å². The van der Waals surface area contributed by atoms with E-state index in [-0.39, 0.29) is 6.54 Å². The fraction of sp³-hybridized carbons (Fsp3) is 0.154. The van der Waals surface area contributed by atoms with E-state index in [0.29, 0.717) is 11.3 Å². The van der Waals surface area contributed by atoms with Gasteiger partial charge >= 0.3 is 12.0 Å². The number of urea groups is 1. The molecule has 1 rings (SSSR count). The molecule has 0 radical (unpaired) electrons. The number of carboxylic acids is 1. The van der Waals surface area contributed by atoms with Gasteiger partial charge in [-0.2, -0.15) is 0 Å². The Morgan fingerprint density at radius 1 is 1.15 bits per heavy atom. The number of carboxylic acid groups (broad SMARTS) is 1. The van der Waals surface area contributed by atoms with E-state index in [2.05, 4.69) is 21.9 Å². The van der Waals surface area contributed by atoms with Crippen molar-refractivity contribution in [2.75, 3.05) is 18.4 Å². The molecule has 1 aromatic carbocycles. The van der Waals surface area contributed by atoms with Crippen LogP contribution in [0, 0.1) is 12.3 Å². The molecule has 0 heterocycles. The molecule has 0 aromatic heterocycles. The van der Waals surface area contributed by atoms with E-state index in [0.717, 1.165) is 0 Å². The summed E-state index contributed by atoms with van der Waals surface area (Å²) in [6.07, 6.45) is 4.99. The minimum Gasteiger partial charge on any atom is -0.480 e. The molecule has 0 aliphatic rings. The van der Waals surface area contributed by atoms with Crippen LogP contribution in [-0.2, 0) is 4.79 Å². The van der Waals surface area contributed by atoms with Gasteiger partial charge in [0.05, 0.1) is 6.54 Å². The van der Waals surface area contributed by atoms with Crippen LogP contribution in [0.1, 0.15) is 10.4 Å². The van der Waals surface area contributed by atoms with Crippen LogP contribution in [0.2, 0.25) is 0 Å². The first-order valence-corrected chi connectivity index (χ1v) is 5.61. The van der Waals surface area contributed by atoms with Crippen molar-refractivity contribution in [2.45, 2.75) is 0 Å². The van der Waals surface area contributed by atoms with Gasteiger partial charge in [-0.3, -0.25) is 9.59 Å². The average molecular weight is 275 g/mol.